The fourth-order valence-electron chi connectivity index (χ4n) is 6.59. The Balaban J connectivity index is 1.91. The number of urea groups is 1. The number of nitrogens with one attached hydrogen (secondary N) is 8. The summed E-state index contributed by atoms with van der Waals surface area (Å²) in [6.45, 7) is -0.167. The van der Waals surface area contributed by atoms with Crippen molar-refractivity contribution >= 4 is 65.4 Å². The molecule has 0 saturated heterocycles. The van der Waals surface area contributed by atoms with Crippen molar-refractivity contribution < 1.29 is 73.2 Å². The Kier molecular flexibility index (Phi) is 26.1. The molecule has 0 aromatic heterocycles. The van der Waals surface area contributed by atoms with E-state index >= 15 is 0 Å². The van der Waals surface area contributed by atoms with E-state index in [1.54, 1.807) is 60.7 Å². The summed E-state index contributed by atoms with van der Waals surface area (Å²) in [6, 6.07) is 8.29. The summed E-state index contributed by atoms with van der Waals surface area (Å²) in [5.41, 5.74) is 7.39. The van der Waals surface area contributed by atoms with Gasteiger partial charge < -0.3 is 68.7 Å². The molecule has 0 fully saturated rings. The molecule has 0 radical (unpaired) electrons. The predicted octanol–water partition coefficient (Wildman–Crippen LogP) is -1.10. The zero-order valence-corrected chi connectivity index (χ0v) is 38.2. The van der Waals surface area contributed by atoms with Crippen molar-refractivity contribution in [2.24, 2.45) is 5.73 Å². The summed E-state index contributed by atoms with van der Waals surface area (Å²) in [6.07, 6.45) is 0.966. The van der Waals surface area contributed by atoms with Crippen LogP contribution in [-0.4, -0.2) is 142 Å². The SMILES string of the molecule is CNC(=O)[C@H](CC(=O)O)NC(=O)[C@@H](N)CNC(=O)[C@H](Cc1ccccc1)NC(=O)[C@H](Cc1ccccc1)NC(=O)CCCCCCCNC(=O)CC[C@H](NC(=O)N[C@@H](CCC(=O)O)C(=O)O)C(=O)O. The molecule has 2 aromatic carbocycles. The van der Waals surface area contributed by atoms with Crippen LogP contribution in [0.3, 0.4) is 0 Å². The summed E-state index contributed by atoms with van der Waals surface area (Å²) < 4.78 is 0. The van der Waals surface area contributed by atoms with Gasteiger partial charge in [-0.05, 0) is 36.8 Å². The topological polar surface area (TPSA) is 391 Å². The number of rotatable bonds is 33. The van der Waals surface area contributed by atoms with E-state index < -0.39 is 127 Å². The highest BCUT2D eigenvalue weighted by Crippen LogP contribution is 2.10. The first kappa shape index (κ1) is 57.5. The number of nitrogens with two attached hydrogens (primary N) is 1. The molecule has 0 unspecified atom stereocenters. The number of carboxylic acids is 4. The number of unbranched alkanes of at least 4 members (excludes halogenated alkanes) is 4. The number of amides is 8. The van der Waals surface area contributed by atoms with Gasteiger partial charge in [0.2, 0.25) is 35.4 Å². The first-order valence-corrected chi connectivity index (χ1v) is 22.2. The smallest absolute Gasteiger partial charge is 0.326 e. The van der Waals surface area contributed by atoms with Crippen molar-refractivity contribution in [1.29, 1.82) is 0 Å². The van der Waals surface area contributed by atoms with Crippen molar-refractivity contribution in [1.82, 2.24) is 42.5 Å². The highest BCUT2D eigenvalue weighted by molar-refractivity contribution is 5.94. The summed E-state index contributed by atoms with van der Waals surface area (Å²) in [4.78, 5) is 135. The van der Waals surface area contributed by atoms with Gasteiger partial charge in [0, 0.05) is 52.2 Å². The van der Waals surface area contributed by atoms with Gasteiger partial charge in [-0.25, -0.2) is 14.4 Å². The van der Waals surface area contributed by atoms with Gasteiger partial charge in [-0.3, -0.25) is 38.4 Å². The zero-order valence-electron chi connectivity index (χ0n) is 38.2. The largest absolute Gasteiger partial charge is 0.481 e. The Morgan fingerprint density at radius 1 is 0.493 bits per heavy atom. The van der Waals surface area contributed by atoms with Crippen molar-refractivity contribution in [2.75, 3.05) is 20.1 Å². The van der Waals surface area contributed by atoms with E-state index in [2.05, 4.69) is 37.2 Å². The normalized spacial score (nSPS) is 13.3. The fourth-order valence-corrected chi connectivity index (χ4v) is 6.59. The van der Waals surface area contributed by atoms with E-state index in [0.29, 0.717) is 37.7 Å². The van der Waals surface area contributed by atoms with E-state index in [4.69, 9.17) is 15.9 Å². The number of hydrogen-bond donors (Lipinski definition) is 13. The van der Waals surface area contributed by atoms with Gasteiger partial charge in [-0.1, -0.05) is 79.9 Å². The summed E-state index contributed by atoms with van der Waals surface area (Å²) in [5, 5.41) is 55.9. The van der Waals surface area contributed by atoms with Crippen molar-refractivity contribution in [3.8, 4) is 0 Å². The molecule has 24 nitrogen and oxygen atoms in total. The maximum absolute atomic E-state index is 13.9. The van der Waals surface area contributed by atoms with Crippen LogP contribution in [-0.2, 0) is 60.8 Å². The van der Waals surface area contributed by atoms with Crippen LogP contribution in [0.5, 0.6) is 0 Å². The van der Waals surface area contributed by atoms with E-state index in [1.165, 1.54) is 7.05 Å². The van der Waals surface area contributed by atoms with E-state index in [9.17, 15) is 63.0 Å². The molecule has 6 atom stereocenters. The number of carbonyl (C=O) groups is 11. The number of carbonyl (C=O) groups excluding carboxylic acids is 7. The monoisotopic (exact) mass is 969 g/mol. The minimum Gasteiger partial charge on any atom is -0.481 e. The number of carboxylic acid groups (broad SMARTS) is 4. The van der Waals surface area contributed by atoms with Gasteiger partial charge in [0.05, 0.1) is 6.42 Å². The predicted molar refractivity (Wildman–Crippen MR) is 245 cm³/mol. The standard InChI is InChI=1S/C45H63N9O15/c1-47-40(62)34(25-38(59)60)51-39(61)29(46)26-49-41(63)32(23-27-13-7-5-8-14-27)52-42(64)33(24-28-15-9-6-10-16-28)50-36(56)17-11-3-2-4-12-22-48-35(55)20-18-30(43(65)66)53-45(69)54-31(44(67)68)19-21-37(57)58/h5-10,13-16,29-34H,2-4,11-12,17-26,46H2,1H3,(H,47,62)(H,48,55)(H,49,63)(H,50,56)(H,51,61)(H,52,64)(H,57,58)(H,59,60)(H,65,66)(H,67,68)(H2,53,54,69)/t29-,30-,31-,32-,33-,34-/m0/s1. The summed E-state index contributed by atoms with van der Waals surface area (Å²) in [5.74, 6) is -9.51. The lowest BCUT2D eigenvalue weighted by atomic mass is 10.0. The molecule has 2 rings (SSSR count). The molecule has 0 heterocycles. The van der Waals surface area contributed by atoms with Crippen molar-refractivity contribution in [2.45, 2.75) is 120 Å². The second-order valence-corrected chi connectivity index (χ2v) is 15.9. The first-order valence-electron chi connectivity index (χ1n) is 22.2. The highest BCUT2D eigenvalue weighted by Gasteiger charge is 2.30. The first-order chi connectivity index (χ1) is 32.8. The maximum atomic E-state index is 13.9. The molecule has 0 bridgehead atoms. The molecule has 8 amide bonds. The Bertz CT molecular complexity index is 2060. The molecule has 0 aliphatic rings. The number of benzene rings is 2. The van der Waals surface area contributed by atoms with Crippen LogP contribution in [0.1, 0.15) is 81.8 Å². The van der Waals surface area contributed by atoms with Gasteiger partial charge in [-0.15, -0.1) is 0 Å². The molecule has 2 aromatic rings. The Morgan fingerprint density at radius 2 is 1.00 bits per heavy atom. The van der Waals surface area contributed by atoms with Crippen LogP contribution >= 0.6 is 0 Å². The molecule has 69 heavy (non-hydrogen) atoms. The van der Waals surface area contributed by atoms with Gasteiger partial charge in [0.25, 0.3) is 0 Å². The molecule has 24 heteroatoms. The molecule has 378 valence electrons. The van der Waals surface area contributed by atoms with E-state index in [-0.39, 0.29) is 38.6 Å². The number of hydrogen-bond acceptors (Lipinski definition) is 12. The van der Waals surface area contributed by atoms with Crippen molar-refractivity contribution in [3.63, 3.8) is 0 Å². The van der Waals surface area contributed by atoms with Gasteiger partial charge in [0.15, 0.2) is 0 Å². The minimum atomic E-state index is -1.57. The molecule has 0 aliphatic heterocycles. The second-order valence-electron chi connectivity index (χ2n) is 15.9. The van der Waals surface area contributed by atoms with Gasteiger partial charge in [0.1, 0.15) is 36.3 Å². The third kappa shape index (κ3) is 24.1. The summed E-state index contributed by atoms with van der Waals surface area (Å²) in [7, 11) is 1.27. The van der Waals surface area contributed by atoms with Crippen LogP contribution in [0, 0.1) is 0 Å². The highest BCUT2D eigenvalue weighted by atomic mass is 16.4. The van der Waals surface area contributed by atoms with Crippen molar-refractivity contribution in [3.05, 3.63) is 71.8 Å². The Labute approximate surface area is 397 Å². The van der Waals surface area contributed by atoms with Gasteiger partial charge in [-0.2, -0.15) is 0 Å². The third-order valence-corrected chi connectivity index (χ3v) is 10.4. The maximum Gasteiger partial charge on any atom is 0.326 e. The molecular formula is C45H63N9O15. The molecule has 14 N–H and O–H groups in total. The molecular weight excluding hydrogens is 907 g/mol. The third-order valence-electron chi connectivity index (χ3n) is 10.4. The zero-order chi connectivity index (χ0) is 51.3. The average Bonchev–Trinajstić information content (AvgIpc) is 3.30. The molecule has 0 saturated carbocycles. The van der Waals surface area contributed by atoms with Crippen LogP contribution in [0.2, 0.25) is 0 Å². The lowest BCUT2D eigenvalue weighted by Gasteiger charge is -2.24. The quantitative estimate of drug-likeness (QED) is 0.0378. The summed E-state index contributed by atoms with van der Waals surface area (Å²) >= 11 is 0. The fraction of sp³-hybridized carbons (Fsp3) is 0.489. The van der Waals surface area contributed by atoms with E-state index in [1.807, 2.05) is 5.32 Å². The van der Waals surface area contributed by atoms with Gasteiger partial charge >= 0.3 is 29.9 Å². The Morgan fingerprint density at radius 3 is 1.52 bits per heavy atom. The lowest BCUT2D eigenvalue weighted by molar-refractivity contribution is -0.141. The van der Waals surface area contributed by atoms with E-state index in [0.717, 1.165) is 5.56 Å². The minimum absolute atomic E-state index is 0.0213. The lowest BCUT2D eigenvalue weighted by Crippen LogP contribution is -2.58. The molecule has 0 aliphatic carbocycles. The van der Waals surface area contributed by atoms with Crippen LogP contribution < -0.4 is 48.3 Å². The Hall–Kier alpha value is -7.63. The average molecular weight is 970 g/mol. The number of aliphatic carboxylic acids is 4. The number of likely N-dealkylation sites (N-methyl/N-ethyl adjacent to an activating group) is 1. The van der Waals surface area contributed by atoms with Crippen LogP contribution in [0.4, 0.5) is 4.79 Å². The second kappa shape index (κ2) is 31.4. The van der Waals surface area contributed by atoms with Crippen LogP contribution in [0.25, 0.3) is 0 Å². The molecule has 0 spiro atoms. The van der Waals surface area contributed by atoms with Crippen LogP contribution in [0.15, 0.2) is 60.7 Å².